The molecule has 0 aromatic heterocycles. The highest BCUT2D eigenvalue weighted by atomic mass is 32.2. The zero-order chi connectivity index (χ0) is 17.3. The number of anilines is 1. The zero-order valence-corrected chi connectivity index (χ0v) is 15.2. The highest BCUT2D eigenvalue weighted by Crippen LogP contribution is 2.39. The molecule has 0 spiro atoms. The van der Waals surface area contributed by atoms with E-state index < -0.39 is 18.3 Å². The van der Waals surface area contributed by atoms with Crippen molar-refractivity contribution in [2.45, 2.75) is 45.8 Å². The number of hydrogen-bond donors (Lipinski definition) is 1. The highest BCUT2D eigenvalue weighted by molar-refractivity contribution is 8.13. The number of carbonyl (C=O) groups excluding carboxylic acids is 1. The second-order valence-electron chi connectivity index (χ2n) is 6.76. The molecule has 1 saturated heterocycles. The molecule has 0 unspecified atom stereocenters. The molecule has 0 radical (unpaired) electrons. The van der Waals surface area contributed by atoms with Gasteiger partial charge >= 0.3 is 7.12 Å². The largest absolute Gasteiger partial charge is 0.491 e. The SMILES string of the molecule is CC(=O)SCC(=Cc1cccc(N)c1)B1OC(C)(C)C(C)(C)O1. The average Bonchev–Trinajstić information content (AvgIpc) is 2.63. The molecule has 0 bridgehead atoms. The summed E-state index contributed by atoms with van der Waals surface area (Å²) in [5.41, 5.74) is 7.62. The van der Waals surface area contributed by atoms with Crippen molar-refractivity contribution in [3.8, 4) is 0 Å². The summed E-state index contributed by atoms with van der Waals surface area (Å²) in [6, 6.07) is 7.61. The van der Waals surface area contributed by atoms with Crippen molar-refractivity contribution in [1.29, 1.82) is 0 Å². The predicted molar refractivity (Wildman–Crippen MR) is 98.1 cm³/mol. The molecule has 4 nitrogen and oxygen atoms in total. The summed E-state index contributed by atoms with van der Waals surface area (Å²) in [4.78, 5) is 11.4. The number of thioether (sulfide) groups is 1. The standard InChI is InChI=1S/C17H24BNO3S/c1-12(20)23-11-14(9-13-7-6-8-15(19)10-13)18-21-16(2,3)17(4,5)22-18/h6-10H,11,19H2,1-5H3. The Bertz CT molecular complexity index is 612. The summed E-state index contributed by atoms with van der Waals surface area (Å²) in [5.74, 6) is 0.529. The molecule has 0 saturated carbocycles. The Balaban J connectivity index is 2.30. The van der Waals surface area contributed by atoms with Crippen LogP contribution >= 0.6 is 11.8 Å². The Hall–Kier alpha value is -1.24. The van der Waals surface area contributed by atoms with Gasteiger partial charge < -0.3 is 15.0 Å². The van der Waals surface area contributed by atoms with Gasteiger partial charge in [0.2, 0.25) is 0 Å². The van der Waals surface area contributed by atoms with E-state index in [1.165, 1.54) is 11.8 Å². The number of hydrogen-bond acceptors (Lipinski definition) is 5. The molecule has 6 heteroatoms. The summed E-state index contributed by atoms with van der Waals surface area (Å²) < 4.78 is 12.2. The molecule has 0 atom stereocenters. The van der Waals surface area contributed by atoms with Gasteiger partial charge in [0.1, 0.15) is 0 Å². The van der Waals surface area contributed by atoms with Crippen LogP contribution in [-0.4, -0.2) is 29.2 Å². The molecular formula is C17H24BNO3S. The molecule has 2 rings (SSSR count). The van der Waals surface area contributed by atoms with Gasteiger partial charge in [-0.05, 0) is 50.9 Å². The van der Waals surface area contributed by atoms with Crippen molar-refractivity contribution in [3.05, 3.63) is 35.3 Å². The molecule has 1 heterocycles. The fourth-order valence-electron chi connectivity index (χ4n) is 2.22. The van der Waals surface area contributed by atoms with E-state index >= 15 is 0 Å². The van der Waals surface area contributed by atoms with Crippen LogP contribution in [0.15, 0.2) is 29.7 Å². The third-order valence-corrected chi connectivity index (χ3v) is 5.15. The van der Waals surface area contributed by atoms with E-state index in [-0.39, 0.29) is 5.12 Å². The molecule has 0 aliphatic carbocycles. The summed E-state index contributed by atoms with van der Waals surface area (Å²) in [5, 5.41) is 0.0694. The van der Waals surface area contributed by atoms with E-state index in [0.29, 0.717) is 11.4 Å². The van der Waals surface area contributed by atoms with Gasteiger partial charge in [-0.1, -0.05) is 30.0 Å². The molecule has 1 aromatic carbocycles. The molecule has 0 amide bonds. The van der Waals surface area contributed by atoms with Crippen LogP contribution in [0.4, 0.5) is 5.69 Å². The molecule has 1 aliphatic heterocycles. The molecule has 1 aliphatic rings. The normalized spacial score (nSPS) is 19.9. The first-order chi connectivity index (χ1) is 10.6. The Labute approximate surface area is 142 Å². The lowest BCUT2D eigenvalue weighted by atomic mass is 9.78. The van der Waals surface area contributed by atoms with Gasteiger partial charge in [-0.15, -0.1) is 0 Å². The van der Waals surface area contributed by atoms with E-state index in [0.717, 1.165) is 11.0 Å². The summed E-state index contributed by atoms with van der Waals surface area (Å²) in [6.07, 6.45) is 1.99. The van der Waals surface area contributed by atoms with Gasteiger partial charge in [-0.3, -0.25) is 4.79 Å². The monoisotopic (exact) mass is 333 g/mol. The van der Waals surface area contributed by atoms with Gasteiger partial charge in [0, 0.05) is 18.4 Å². The number of nitrogens with two attached hydrogens (primary N) is 1. The maximum atomic E-state index is 11.4. The first-order valence-corrected chi connectivity index (χ1v) is 8.64. The van der Waals surface area contributed by atoms with Crippen molar-refractivity contribution in [3.63, 3.8) is 0 Å². The lowest BCUT2D eigenvalue weighted by Crippen LogP contribution is -2.41. The fourth-order valence-corrected chi connectivity index (χ4v) is 2.81. The molecule has 1 aromatic rings. The van der Waals surface area contributed by atoms with Crippen molar-refractivity contribution in [2.24, 2.45) is 0 Å². The second-order valence-corrected chi connectivity index (χ2v) is 7.91. The molecule has 124 valence electrons. The van der Waals surface area contributed by atoms with Crippen molar-refractivity contribution >= 4 is 35.8 Å². The van der Waals surface area contributed by atoms with Crippen LogP contribution in [0.3, 0.4) is 0 Å². The average molecular weight is 333 g/mol. The van der Waals surface area contributed by atoms with Gasteiger partial charge in [-0.25, -0.2) is 0 Å². The molecule has 23 heavy (non-hydrogen) atoms. The summed E-state index contributed by atoms with van der Waals surface area (Å²) in [7, 11) is -0.465. The Morgan fingerprint density at radius 2 is 1.87 bits per heavy atom. The minimum Gasteiger partial charge on any atom is -0.400 e. The van der Waals surface area contributed by atoms with Crippen molar-refractivity contribution in [2.75, 3.05) is 11.5 Å². The topological polar surface area (TPSA) is 61.6 Å². The van der Waals surface area contributed by atoms with Gasteiger partial charge in [0.15, 0.2) is 5.12 Å². The summed E-state index contributed by atoms with van der Waals surface area (Å²) >= 11 is 1.25. The molecular weight excluding hydrogens is 309 g/mol. The number of rotatable bonds is 4. The first-order valence-electron chi connectivity index (χ1n) is 7.66. The maximum Gasteiger partial charge on any atom is 0.491 e. The molecule has 2 N–H and O–H groups in total. The van der Waals surface area contributed by atoms with E-state index in [2.05, 4.69) is 0 Å². The van der Waals surface area contributed by atoms with Gasteiger partial charge in [0.25, 0.3) is 0 Å². The van der Waals surface area contributed by atoms with E-state index in [1.54, 1.807) is 6.92 Å². The van der Waals surface area contributed by atoms with Gasteiger partial charge in [0.05, 0.1) is 11.2 Å². The van der Waals surface area contributed by atoms with Crippen LogP contribution in [0.1, 0.15) is 40.2 Å². The van der Waals surface area contributed by atoms with Crippen LogP contribution in [0.2, 0.25) is 0 Å². The second kappa shape index (κ2) is 6.71. The van der Waals surface area contributed by atoms with E-state index in [9.17, 15) is 4.79 Å². The zero-order valence-electron chi connectivity index (χ0n) is 14.4. The lowest BCUT2D eigenvalue weighted by molar-refractivity contribution is -0.109. The highest BCUT2D eigenvalue weighted by Gasteiger charge is 2.52. The van der Waals surface area contributed by atoms with Crippen LogP contribution in [0.25, 0.3) is 6.08 Å². The van der Waals surface area contributed by atoms with Gasteiger partial charge in [-0.2, -0.15) is 0 Å². The van der Waals surface area contributed by atoms with Crippen LogP contribution in [0, 0.1) is 0 Å². The van der Waals surface area contributed by atoms with E-state index in [4.69, 9.17) is 15.0 Å². The Morgan fingerprint density at radius 3 is 2.39 bits per heavy atom. The number of nitrogen functional groups attached to an aromatic ring is 1. The number of carbonyl (C=O) groups is 1. The third kappa shape index (κ3) is 4.40. The smallest absolute Gasteiger partial charge is 0.400 e. The van der Waals surface area contributed by atoms with Crippen LogP contribution in [-0.2, 0) is 14.1 Å². The molecule has 1 fully saturated rings. The van der Waals surface area contributed by atoms with E-state index in [1.807, 2.05) is 58.0 Å². The first kappa shape index (κ1) is 18.1. The quantitative estimate of drug-likeness (QED) is 0.674. The predicted octanol–water partition coefficient (Wildman–Crippen LogP) is 3.56. The minimum atomic E-state index is -0.465. The number of benzene rings is 1. The van der Waals surface area contributed by atoms with Crippen molar-refractivity contribution < 1.29 is 14.1 Å². The fraction of sp³-hybridized carbons (Fsp3) is 0.471. The van der Waals surface area contributed by atoms with Crippen LogP contribution < -0.4 is 5.73 Å². The third-order valence-electron chi connectivity index (χ3n) is 4.26. The Morgan fingerprint density at radius 1 is 1.26 bits per heavy atom. The Kier molecular flexibility index (Phi) is 5.28. The lowest BCUT2D eigenvalue weighted by Gasteiger charge is -2.32. The van der Waals surface area contributed by atoms with Crippen LogP contribution in [0.5, 0.6) is 0 Å². The maximum absolute atomic E-state index is 11.4. The van der Waals surface area contributed by atoms with Crippen molar-refractivity contribution in [1.82, 2.24) is 0 Å². The summed E-state index contributed by atoms with van der Waals surface area (Å²) in [6.45, 7) is 9.63. The minimum absolute atomic E-state index is 0.0694.